The normalized spacial score (nSPS) is 18.8. The Morgan fingerprint density at radius 2 is 1.96 bits per heavy atom. The van der Waals surface area contributed by atoms with Crippen molar-refractivity contribution in [1.82, 2.24) is 20.4 Å². The van der Waals surface area contributed by atoms with Gasteiger partial charge in [-0.05, 0) is 31.2 Å². The highest BCUT2D eigenvalue weighted by Gasteiger charge is 2.29. The summed E-state index contributed by atoms with van der Waals surface area (Å²) in [6.07, 6.45) is 4.65. The van der Waals surface area contributed by atoms with Crippen molar-refractivity contribution in [2.24, 2.45) is 10.9 Å². The minimum atomic E-state index is 0. The summed E-state index contributed by atoms with van der Waals surface area (Å²) in [6, 6.07) is 4.18. The molecule has 0 aromatic carbocycles. The second-order valence-electron chi connectivity index (χ2n) is 7.35. The van der Waals surface area contributed by atoms with Gasteiger partial charge >= 0.3 is 0 Å². The molecule has 0 bridgehead atoms. The van der Waals surface area contributed by atoms with E-state index in [4.69, 9.17) is 0 Å². The first-order chi connectivity index (χ1) is 13.3. The Bertz CT molecular complexity index is 596. The van der Waals surface area contributed by atoms with Crippen molar-refractivity contribution < 1.29 is 4.79 Å². The number of guanidine groups is 1. The molecule has 8 heteroatoms. The molecule has 1 saturated carbocycles. The van der Waals surface area contributed by atoms with Crippen LogP contribution in [0.4, 0.5) is 0 Å². The van der Waals surface area contributed by atoms with Crippen LogP contribution < -0.4 is 10.6 Å². The number of carbonyl (C=O) groups excluding carboxylic acids is 1. The summed E-state index contributed by atoms with van der Waals surface area (Å²) in [4.78, 5) is 23.0. The SMILES string of the molecule is CCNC(=NCc1cccs1)NCCN1CCN(C(=O)C2CCCC2)CC1.I. The van der Waals surface area contributed by atoms with Crippen molar-refractivity contribution in [3.63, 3.8) is 0 Å². The van der Waals surface area contributed by atoms with Crippen LogP contribution in [-0.4, -0.2) is 67.5 Å². The van der Waals surface area contributed by atoms with Crippen LogP contribution in [0.5, 0.6) is 0 Å². The predicted molar refractivity (Wildman–Crippen MR) is 128 cm³/mol. The quantitative estimate of drug-likeness (QED) is 0.331. The first kappa shape index (κ1) is 23.4. The first-order valence-corrected chi connectivity index (χ1v) is 11.2. The Hall–Kier alpha value is -0.870. The molecule has 0 radical (unpaired) electrons. The molecule has 1 aliphatic heterocycles. The third kappa shape index (κ3) is 7.18. The fourth-order valence-corrected chi connectivity index (χ4v) is 4.48. The number of halogens is 1. The van der Waals surface area contributed by atoms with Gasteiger partial charge < -0.3 is 15.5 Å². The molecule has 1 aliphatic carbocycles. The van der Waals surface area contributed by atoms with Crippen molar-refractivity contribution in [1.29, 1.82) is 0 Å². The Morgan fingerprint density at radius 3 is 2.61 bits per heavy atom. The number of rotatable bonds is 7. The lowest BCUT2D eigenvalue weighted by Crippen LogP contribution is -2.51. The van der Waals surface area contributed by atoms with Gasteiger partial charge in [-0.25, -0.2) is 4.99 Å². The van der Waals surface area contributed by atoms with Crippen LogP contribution in [-0.2, 0) is 11.3 Å². The summed E-state index contributed by atoms with van der Waals surface area (Å²) >= 11 is 1.74. The number of nitrogens with zero attached hydrogens (tertiary/aromatic N) is 3. The van der Waals surface area contributed by atoms with E-state index < -0.39 is 0 Å². The van der Waals surface area contributed by atoms with Crippen LogP contribution in [0.2, 0.25) is 0 Å². The molecule has 1 aromatic rings. The molecule has 28 heavy (non-hydrogen) atoms. The Kier molecular flexibility index (Phi) is 10.6. The lowest BCUT2D eigenvalue weighted by atomic mass is 10.1. The average molecular weight is 519 g/mol. The molecule has 1 amide bonds. The van der Waals surface area contributed by atoms with Crippen LogP contribution in [0.25, 0.3) is 0 Å². The number of thiophene rings is 1. The van der Waals surface area contributed by atoms with Crippen LogP contribution >= 0.6 is 35.3 Å². The fraction of sp³-hybridized carbons (Fsp3) is 0.700. The molecular weight excluding hydrogens is 485 g/mol. The maximum atomic E-state index is 12.5. The van der Waals surface area contributed by atoms with E-state index in [1.807, 2.05) is 0 Å². The highest BCUT2D eigenvalue weighted by molar-refractivity contribution is 14.0. The zero-order valence-corrected chi connectivity index (χ0v) is 20.0. The number of carbonyl (C=O) groups is 1. The van der Waals surface area contributed by atoms with Crippen molar-refractivity contribution in [2.45, 2.75) is 39.2 Å². The standard InChI is InChI=1S/C20H33N5OS.HI/c1-2-21-20(23-16-18-8-5-15-27-18)22-9-10-24-11-13-25(14-12-24)19(26)17-6-3-4-7-17;/h5,8,15,17H,2-4,6-7,9-14,16H2,1H3,(H2,21,22,23);1H. The molecule has 6 nitrogen and oxygen atoms in total. The van der Waals surface area contributed by atoms with E-state index in [-0.39, 0.29) is 24.0 Å². The second-order valence-corrected chi connectivity index (χ2v) is 8.38. The molecule has 1 aromatic heterocycles. The molecule has 2 N–H and O–H groups in total. The van der Waals surface area contributed by atoms with Gasteiger partial charge in [-0.3, -0.25) is 9.69 Å². The number of aliphatic imine (C=N–C) groups is 1. The highest BCUT2D eigenvalue weighted by Crippen LogP contribution is 2.26. The number of amides is 1. The van der Waals surface area contributed by atoms with E-state index in [0.717, 1.165) is 71.2 Å². The Morgan fingerprint density at radius 1 is 1.21 bits per heavy atom. The molecule has 0 spiro atoms. The van der Waals surface area contributed by atoms with Crippen LogP contribution in [0.3, 0.4) is 0 Å². The smallest absolute Gasteiger partial charge is 0.225 e. The van der Waals surface area contributed by atoms with Gasteiger partial charge in [0.25, 0.3) is 0 Å². The third-order valence-corrected chi connectivity index (χ3v) is 6.29. The molecule has 1 saturated heterocycles. The molecule has 2 aliphatic rings. The maximum Gasteiger partial charge on any atom is 0.225 e. The third-order valence-electron chi connectivity index (χ3n) is 5.43. The maximum absolute atomic E-state index is 12.5. The van der Waals surface area contributed by atoms with E-state index >= 15 is 0 Å². The topological polar surface area (TPSA) is 60.0 Å². The minimum Gasteiger partial charge on any atom is -0.357 e. The average Bonchev–Trinajstić information content (AvgIpc) is 3.40. The molecule has 3 rings (SSSR count). The molecule has 2 fully saturated rings. The van der Waals surface area contributed by atoms with E-state index in [2.05, 4.69) is 49.9 Å². The van der Waals surface area contributed by atoms with Gasteiger partial charge in [0.2, 0.25) is 5.91 Å². The van der Waals surface area contributed by atoms with Gasteiger partial charge in [-0.15, -0.1) is 35.3 Å². The number of hydrogen-bond donors (Lipinski definition) is 2. The van der Waals surface area contributed by atoms with Gasteiger partial charge in [0.05, 0.1) is 6.54 Å². The van der Waals surface area contributed by atoms with Crippen LogP contribution in [0, 0.1) is 5.92 Å². The minimum absolute atomic E-state index is 0. The van der Waals surface area contributed by atoms with Crippen molar-refractivity contribution in [2.75, 3.05) is 45.8 Å². The molecule has 0 atom stereocenters. The summed E-state index contributed by atoms with van der Waals surface area (Å²) in [6.45, 7) is 9.22. The summed E-state index contributed by atoms with van der Waals surface area (Å²) in [5, 5.41) is 8.82. The Labute approximate surface area is 190 Å². The largest absolute Gasteiger partial charge is 0.357 e. The monoisotopic (exact) mass is 519 g/mol. The van der Waals surface area contributed by atoms with Gasteiger partial charge in [-0.1, -0.05) is 18.9 Å². The van der Waals surface area contributed by atoms with Crippen molar-refractivity contribution >= 4 is 47.2 Å². The van der Waals surface area contributed by atoms with E-state index in [0.29, 0.717) is 11.8 Å². The highest BCUT2D eigenvalue weighted by atomic mass is 127. The lowest BCUT2D eigenvalue weighted by molar-refractivity contribution is -0.137. The first-order valence-electron chi connectivity index (χ1n) is 10.3. The van der Waals surface area contributed by atoms with Gasteiger partial charge in [0.1, 0.15) is 0 Å². The van der Waals surface area contributed by atoms with Crippen molar-refractivity contribution in [3.8, 4) is 0 Å². The van der Waals surface area contributed by atoms with Gasteiger partial charge in [-0.2, -0.15) is 0 Å². The van der Waals surface area contributed by atoms with E-state index in [1.54, 1.807) is 11.3 Å². The van der Waals surface area contributed by atoms with Crippen molar-refractivity contribution in [3.05, 3.63) is 22.4 Å². The predicted octanol–water partition coefficient (Wildman–Crippen LogP) is 2.76. The molecule has 0 unspecified atom stereocenters. The van der Waals surface area contributed by atoms with Crippen LogP contribution in [0.15, 0.2) is 22.5 Å². The van der Waals surface area contributed by atoms with Gasteiger partial charge in [0, 0.05) is 56.6 Å². The molecular formula is C20H34IN5OS. The van der Waals surface area contributed by atoms with Gasteiger partial charge in [0.15, 0.2) is 5.96 Å². The summed E-state index contributed by atoms with van der Waals surface area (Å²) in [5.41, 5.74) is 0. The summed E-state index contributed by atoms with van der Waals surface area (Å²) < 4.78 is 0. The summed E-state index contributed by atoms with van der Waals surface area (Å²) in [5.74, 6) is 1.59. The second kappa shape index (κ2) is 12.6. The number of hydrogen-bond acceptors (Lipinski definition) is 4. The van der Waals surface area contributed by atoms with Crippen LogP contribution in [0.1, 0.15) is 37.5 Å². The lowest BCUT2D eigenvalue weighted by Gasteiger charge is -2.36. The van der Waals surface area contributed by atoms with E-state index in [9.17, 15) is 4.79 Å². The summed E-state index contributed by atoms with van der Waals surface area (Å²) in [7, 11) is 0. The zero-order valence-electron chi connectivity index (χ0n) is 16.9. The Balaban J connectivity index is 0.00000280. The number of piperazine rings is 1. The molecule has 2 heterocycles. The molecule has 158 valence electrons. The zero-order chi connectivity index (χ0) is 18.9. The fourth-order valence-electron chi connectivity index (χ4n) is 3.86. The number of nitrogens with one attached hydrogen (secondary N) is 2. The van der Waals surface area contributed by atoms with E-state index in [1.165, 1.54) is 17.7 Å².